The summed E-state index contributed by atoms with van der Waals surface area (Å²) in [6.45, 7) is 4.48. The highest BCUT2D eigenvalue weighted by atomic mass is 16.5. The summed E-state index contributed by atoms with van der Waals surface area (Å²) in [6.07, 6.45) is 4.96. The zero-order valence-electron chi connectivity index (χ0n) is 15.8. The molecule has 1 N–H and O–H groups in total. The van der Waals surface area contributed by atoms with E-state index < -0.39 is 0 Å². The minimum Gasteiger partial charge on any atom is -0.493 e. The molecule has 4 rings (SSSR count). The van der Waals surface area contributed by atoms with Gasteiger partial charge < -0.3 is 14.5 Å². The fraction of sp³-hybridized carbons (Fsp3) is 0.217. The van der Waals surface area contributed by atoms with Gasteiger partial charge in [0.2, 0.25) is 5.91 Å². The standard InChI is InChI=1S/C23H21NO4/c1-14-3-6-20-17(11-14)19(9-10-27-20)24-22(25)8-5-16-13-28-21-7-4-15(2)12-18(21)23(16)26/h3-8,11-13,19H,9-10H2,1-2H3,(H,24,25)/b8-5+. The van der Waals surface area contributed by atoms with Gasteiger partial charge in [-0.3, -0.25) is 9.59 Å². The summed E-state index contributed by atoms with van der Waals surface area (Å²) < 4.78 is 11.2. The molecule has 5 heteroatoms. The molecule has 142 valence electrons. The molecular weight excluding hydrogens is 354 g/mol. The van der Waals surface area contributed by atoms with Gasteiger partial charge in [-0.15, -0.1) is 0 Å². The second-order valence-corrected chi connectivity index (χ2v) is 7.09. The lowest BCUT2D eigenvalue weighted by atomic mass is 9.98. The van der Waals surface area contributed by atoms with Crippen LogP contribution in [0.15, 0.2) is 57.9 Å². The van der Waals surface area contributed by atoms with Crippen molar-refractivity contribution in [2.45, 2.75) is 26.3 Å². The Balaban J connectivity index is 1.54. The van der Waals surface area contributed by atoms with Crippen LogP contribution in [0.2, 0.25) is 0 Å². The molecule has 0 bridgehead atoms. The average Bonchev–Trinajstić information content (AvgIpc) is 2.68. The maximum Gasteiger partial charge on any atom is 0.244 e. The highest BCUT2D eigenvalue weighted by Gasteiger charge is 2.22. The number of ether oxygens (including phenoxy) is 1. The molecule has 5 nitrogen and oxygen atoms in total. The van der Waals surface area contributed by atoms with Crippen molar-refractivity contribution in [3.8, 4) is 5.75 Å². The third kappa shape index (κ3) is 3.56. The van der Waals surface area contributed by atoms with Gasteiger partial charge in [-0.1, -0.05) is 29.3 Å². The number of fused-ring (bicyclic) bond motifs is 2. The van der Waals surface area contributed by atoms with Gasteiger partial charge in [-0.25, -0.2) is 0 Å². The number of amides is 1. The first-order valence-electron chi connectivity index (χ1n) is 9.25. The van der Waals surface area contributed by atoms with Gasteiger partial charge in [-0.05, 0) is 38.1 Å². The Hall–Kier alpha value is -3.34. The first kappa shape index (κ1) is 18.0. The molecule has 1 aromatic heterocycles. The Morgan fingerprint density at radius 3 is 2.79 bits per heavy atom. The van der Waals surface area contributed by atoms with Crippen LogP contribution in [0.4, 0.5) is 0 Å². The molecule has 0 saturated carbocycles. The molecule has 0 spiro atoms. The number of rotatable bonds is 3. The summed E-state index contributed by atoms with van der Waals surface area (Å²) in [7, 11) is 0. The number of nitrogens with one attached hydrogen (secondary N) is 1. The first-order valence-corrected chi connectivity index (χ1v) is 9.25. The quantitative estimate of drug-likeness (QED) is 0.701. The van der Waals surface area contributed by atoms with Crippen LogP contribution in [-0.4, -0.2) is 12.5 Å². The van der Waals surface area contributed by atoms with E-state index in [0.717, 1.165) is 22.4 Å². The minimum atomic E-state index is -0.261. The lowest BCUT2D eigenvalue weighted by molar-refractivity contribution is -0.117. The number of aryl methyl sites for hydroxylation is 2. The third-order valence-corrected chi connectivity index (χ3v) is 4.89. The largest absolute Gasteiger partial charge is 0.493 e. The number of hydrogen-bond acceptors (Lipinski definition) is 4. The van der Waals surface area contributed by atoms with Crippen LogP contribution < -0.4 is 15.5 Å². The molecule has 1 amide bonds. The maximum absolute atomic E-state index is 12.6. The van der Waals surface area contributed by atoms with Gasteiger partial charge >= 0.3 is 0 Å². The van der Waals surface area contributed by atoms with Crippen molar-refractivity contribution in [3.05, 3.63) is 81.2 Å². The van der Waals surface area contributed by atoms with Crippen LogP contribution in [0.5, 0.6) is 5.75 Å². The zero-order chi connectivity index (χ0) is 19.7. The normalized spacial score (nSPS) is 16.0. The molecule has 28 heavy (non-hydrogen) atoms. The number of benzene rings is 2. The van der Waals surface area contributed by atoms with Crippen LogP contribution in [0.25, 0.3) is 17.0 Å². The Kier molecular flexibility index (Phi) is 4.74. The van der Waals surface area contributed by atoms with E-state index in [1.807, 2.05) is 38.1 Å². The van der Waals surface area contributed by atoms with Crippen molar-refractivity contribution in [1.29, 1.82) is 0 Å². The summed E-state index contributed by atoms with van der Waals surface area (Å²) in [5, 5.41) is 3.51. The molecule has 2 heterocycles. The fourth-order valence-electron chi connectivity index (χ4n) is 3.42. The highest BCUT2D eigenvalue weighted by molar-refractivity contribution is 5.92. The van der Waals surface area contributed by atoms with Gasteiger partial charge in [0, 0.05) is 18.1 Å². The third-order valence-electron chi connectivity index (χ3n) is 4.89. The minimum absolute atomic E-state index is 0.114. The van der Waals surface area contributed by atoms with Gasteiger partial charge in [0.25, 0.3) is 0 Å². The molecule has 1 atom stereocenters. The van der Waals surface area contributed by atoms with E-state index in [1.54, 1.807) is 12.1 Å². The summed E-state index contributed by atoms with van der Waals surface area (Å²) in [5.74, 6) is 0.541. The predicted molar refractivity (Wildman–Crippen MR) is 108 cm³/mol. The van der Waals surface area contributed by atoms with Crippen LogP contribution in [-0.2, 0) is 4.79 Å². The first-order chi connectivity index (χ1) is 13.5. The van der Waals surface area contributed by atoms with Gasteiger partial charge in [-0.2, -0.15) is 0 Å². The van der Waals surface area contributed by atoms with Gasteiger partial charge in [0.05, 0.1) is 23.6 Å². The van der Waals surface area contributed by atoms with Crippen LogP contribution >= 0.6 is 0 Å². The lowest BCUT2D eigenvalue weighted by Gasteiger charge is -2.26. The molecule has 2 aromatic carbocycles. The topological polar surface area (TPSA) is 68.5 Å². The Morgan fingerprint density at radius 1 is 1.14 bits per heavy atom. The van der Waals surface area contributed by atoms with E-state index in [1.165, 1.54) is 18.4 Å². The zero-order valence-corrected chi connectivity index (χ0v) is 15.8. The number of carbonyl (C=O) groups excluding carboxylic acids is 1. The van der Waals surface area contributed by atoms with E-state index in [9.17, 15) is 9.59 Å². The Morgan fingerprint density at radius 2 is 1.93 bits per heavy atom. The molecule has 0 fully saturated rings. The highest BCUT2D eigenvalue weighted by Crippen LogP contribution is 2.32. The molecule has 1 unspecified atom stereocenters. The number of hydrogen-bond donors (Lipinski definition) is 1. The maximum atomic E-state index is 12.6. The summed E-state index contributed by atoms with van der Waals surface area (Å²) >= 11 is 0. The molecule has 1 aliphatic rings. The van der Waals surface area contributed by atoms with E-state index in [-0.39, 0.29) is 17.4 Å². The molecule has 0 aliphatic carbocycles. The predicted octanol–water partition coefficient (Wildman–Crippen LogP) is 4.06. The Bertz CT molecular complexity index is 1140. The second-order valence-electron chi connectivity index (χ2n) is 7.09. The van der Waals surface area contributed by atoms with E-state index in [0.29, 0.717) is 29.6 Å². The molecular formula is C23H21NO4. The SMILES string of the molecule is Cc1ccc2c(c1)C(NC(=O)/C=C/c1coc3ccc(C)cc3c1=O)CCO2. The van der Waals surface area contributed by atoms with Crippen LogP contribution in [0.1, 0.15) is 34.7 Å². The molecule has 0 saturated heterocycles. The molecule has 0 radical (unpaired) electrons. The van der Waals surface area contributed by atoms with Crippen molar-refractivity contribution in [3.63, 3.8) is 0 Å². The smallest absolute Gasteiger partial charge is 0.244 e. The Labute approximate surface area is 162 Å². The van der Waals surface area contributed by atoms with Crippen LogP contribution in [0, 0.1) is 13.8 Å². The fourth-order valence-corrected chi connectivity index (χ4v) is 3.42. The van der Waals surface area contributed by atoms with E-state index in [2.05, 4.69) is 5.32 Å². The van der Waals surface area contributed by atoms with E-state index in [4.69, 9.17) is 9.15 Å². The number of carbonyl (C=O) groups is 1. The van der Waals surface area contributed by atoms with Crippen molar-refractivity contribution in [2.24, 2.45) is 0 Å². The van der Waals surface area contributed by atoms with Crippen molar-refractivity contribution in [2.75, 3.05) is 6.61 Å². The molecule has 1 aliphatic heterocycles. The average molecular weight is 375 g/mol. The van der Waals surface area contributed by atoms with Gasteiger partial charge in [0.15, 0.2) is 5.43 Å². The lowest BCUT2D eigenvalue weighted by Crippen LogP contribution is -2.31. The van der Waals surface area contributed by atoms with Crippen molar-refractivity contribution >= 4 is 23.0 Å². The van der Waals surface area contributed by atoms with E-state index >= 15 is 0 Å². The monoisotopic (exact) mass is 375 g/mol. The second kappa shape index (κ2) is 7.35. The van der Waals surface area contributed by atoms with Crippen LogP contribution in [0.3, 0.4) is 0 Å². The van der Waals surface area contributed by atoms with Gasteiger partial charge in [0.1, 0.15) is 17.6 Å². The summed E-state index contributed by atoms with van der Waals surface area (Å²) in [6, 6.07) is 11.3. The van der Waals surface area contributed by atoms with Crippen molar-refractivity contribution in [1.82, 2.24) is 5.32 Å². The summed E-state index contributed by atoms with van der Waals surface area (Å²) in [4.78, 5) is 25.1. The summed E-state index contributed by atoms with van der Waals surface area (Å²) in [5.41, 5.74) is 3.80. The van der Waals surface area contributed by atoms with Crippen molar-refractivity contribution < 1.29 is 13.9 Å². The molecule has 3 aromatic rings.